The van der Waals surface area contributed by atoms with Crippen molar-refractivity contribution in [1.82, 2.24) is 0 Å². The minimum absolute atomic E-state index is 0.222. The molecule has 66 valence electrons. The van der Waals surface area contributed by atoms with E-state index in [0.29, 0.717) is 0 Å². The molecule has 0 aromatic heterocycles. The van der Waals surface area contributed by atoms with Crippen molar-refractivity contribution < 1.29 is 7.85 Å². The van der Waals surface area contributed by atoms with Gasteiger partial charge in [0.15, 0.2) is 0 Å². The lowest BCUT2D eigenvalue weighted by Gasteiger charge is -1.99. The number of hydrogen-bond acceptors (Lipinski definition) is 1. The van der Waals surface area contributed by atoms with E-state index in [1.165, 1.54) is 5.56 Å². The van der Waals surface area contributed by atoms with E-state index in [4.69, 9.17) is 7.85 Å². The predicted molar refractivity (Wildman–Crippen MR) is 51.1 cm³/mol. The maximum Gasteiger partial charge on any atom is 0.0564 e. The minimum Gasteiger partial charge on any atom is -0.396 e. The number of unbranched alkanes of at least 4 members (excludes halogenated alkanes) is 1. The molecule has 1 nitrogen and oxygen atoms in total. The van der Waals surface area contributed by atoms with Crippen LogP contribution in [0.15, 0.2) is 30.3 Å². The zero-order valence-corrected chi connectivity index (χ0v) is 7.16. The summed E-state index contributed by atoms with van der Waals surface area (Å²) in [5, 5.41) is 8.85. The van der Waals surface area contributed by atoms with Gasteiger partial charge in [-0.2, -0.15) is 0 Å². The van der Waals surface area contributed by atoms with Crippen LogP contribution in [0, 0.1) is 0 Å². The van der Waals surface area contributed by atoms with Gasteiger partial charge in [0, 0.05) is 6.56 Å². The van der Waals surface area contributed by atoms with Crippen LogP contribution in [0.1, 0.15) is 27.6 Å². The fraction of sp³-hybridized carbons (Fsp3) is 0.455. The first-order chi connectivity index (χ1) is 6.58. The lowest BCUT2D eigenvalue weighted by atomic mass is 10.1. The average molecular weight is 166 g/mol. The summed E-state index contributed by atoms with van der Waals surface area (Å²) in [7, 11) is 0. The molecule has 1 aromatic carbocycles. The Hall–Kier alpha value is -0.820. The third-order valence-corrected chi connectivity index (χ3v) is 1.85. The molecule has 0 fully saturated rings. The quantitative estimate of drug-likeness (QED) is 0.666. The smallest absolute Gasteiger partial charge is 0.0564 e. The van der Waals surface area contributed by atoms with Crippen molar-refractivity contribution in [3.8, 4) is 0 Å². The standard InChI is InChI=1S/C11H16O/c12-10-6-2-5-9-11-7-3-1-4-8-11/h1,3-4,7-8,12H,2,5-6,9-10H2/i10D2. The molecule has 0 aliphatic heterocycles. The Morgan fingerprint density at radius 3 is 2.50 bits per heavy atom. The maximum atomic E-state index is 8.85. The van der Waals surface area contributed by atoms with Gasteiger partial charge in [-0.15, -0.1) is 0 Å². The lowest BCUT2D eigenvalue weighted by molar-refractivity contribution is 0.283. The molecule has 0 amide bonds. The van der Waals surface area contributed by atoms with Gasteiger partial charge in [-0.1, -0.05) is 36.8 Å². The summed E-state index contributed by atoms with van der Waals surface area (Å²) in [6.45, 7) is -2.00. The number of aryl methyl sites for hydroxylation is 1. The summed E-state index contributed by atoms with van der Waals surface area (Å²) < 4.78 is 13.9. The molecule has 0 spiro atoms. The summed E-state index contributed by atoms with van der Waals surface area (Å²) >= 11 is 0. The first kappa shape index (κ1) is 6.67. The topological polar surface area (TPSA) is 20.2 Å². The molecule has 1 heteroatoms. The molecule has 0 bridgehead atoms. The van der Waals surface area contributed by atoms with E-state index in [0.717, 1.165) is 19.3 Å². The summed E-state index contributed by atoms with van der Waals surface area (Å²) in [6.07, 6.45) is 2.82. The molecule has 0 saturated carbocycles. The number of hydrogen-bond donors (Lipinski definition) is 1. The zero-order valence-electron chi connectivity index (χ0n) is 9.16. The molecular formula is C11H16O. The van der Waals surface area contributed by atoms with Gasteiger partial charge in [0.1, 0.15) is 0 Å². The fourth-order valence-corrected chi connectivity index (χ4v) is 1.18. The van der Waals surface area contributed by atoms with Crippen LogP contribution in [0.4, 0.5) is 0 Å². The third-order valence-electron chi connectivity index (χ3n) is 1.85. The highest BCUT2D eigenvalue weighted by Crippen LogP contribution is 2.05. The van der Waals surface area contributed by atoms with Crippen LogP contribution < -0.4 is 0 Å². The number of benzene rings is 1. The molecule has 1 aromatic rings. The van der Waals surface area contributed by atoms with Gasteiger partial charge in [0.05, 0.1) is 2.74 Å². The molecule has 0 aliphatic rings. The third kappa shape index (κ3) is 3.54. The molecule has 12 heavy (non-hydrogen) atoms. The first-order valence-corrected chi connectivity index (χ1v) is 4.34. The molecular weight excluding hydrogens is 148 g/mol. The van der Waals surface area contributed by atoms with Crippen molar-refractivity contribution in [1.29, 1.82) is 0 Å². The Kier molecular flexibility index (Phi) is 3.21. The number of aliphatic hydroxyl groups is 1. The molecule has 0 aliphatic carbocycles. The fourth-order valence-electron chi connectivity index (χ4n) is 1.18. The van der Waals surface area contributed by atoms with Gasteiger partial charge in [0.25, 0.3) is 0 Å². The SMILES string of the molecule is [2H]C([2H])(O)CCCCc1ccccc1. The van der Waals surface area contributed by atoms with E-state index in [1.807, 2.05) is 18.2 Å². The molecule has 0 radical (unpaired) electrons. The molecule has 1 N–H and O–H groups in total. The Morgan fingerprint density at radius 1 is 1.08 bits per heavy atom. The second kappa shape index (κ2) is 5.78. The van der Waals surface area contributed by atoms with Crippen LogP contribution in [0.5, 0.6) is 0 Å². The van der Waals surface area contributed by atoms with Gasteiger partial charge in [-0.25, -0.2) is 0 Å². The highest BCUT2D eigenvalue weighted by atomic mass is 16.2. The van der Waals surface area contributed by atoms with Gasteiger partial charge < -0.3 is 5.11 Å². The van der Waals surface area contributed by atoms with Gasteiger partial charge in [0.2, 0.25) is 0 Å². The van der Waals surface area contributed by atoms with Gasteiger partial charge in [-0.05, 0) is 24.8 Å². The van der Waals surface area contributed by atoms with Crippen molar-refractivity contribution in [3.63, 3.8) is 0 Å². The van der Waals surface area contributed by atoms with Crippen LogP contribution in [-0.2, 0) is 6.42 Å². The largest absolute Gasteiger partial charge is 0.396 e. The summed E-state index contributed by atoms with van der Waals surface area (Å²) in [6, 6.07) is 10.1. The Labute approximate surface area is 76.9 Å². The van der Waals surface area contributed by atoms with Crippen LogP contribution >= 0.6 is 0 Å². The molecule has 0 unspecified atom stereocenters. The monoisotopic (exact) mass is 166 g/mol. The van der Waals surface area contributed by atoms with Crippen LogP contribution in [0.2, 0.25) is 0 Å². The molecule has 1 rings (SSSR count). The van der Waals surface area contributed by atoms with E-state index in [9.17, 15) is 0 Å². The van der Waals surface area contributed by atoms with Crippen molar-refractivity contribution in [2.45, 2.75) is 25.7 Å². The highest BCUT2D eigenvalue weighted by molar-refractivity contribution is 5.14. The summed E-state index contributed by atoms with van der Waals surface area (Å²) in [5.74, 6) is 0. The van der Waals surface area contributed by atoms with Gasteiger partial charge >= 0.3 is 0 Å². The normalized spacial score (nSPS) is 13.8. The van der Waals surface area contributed by atoms with Crippen molar-refractivity contribution in [2.24, 2.45) is 0 Å². The number of rotatable bonds is 5. The zero-order chi connectivity index (χ0) is 10.4. The van der Waals surface area contributed by atoms with E-state index in [-0.39, 0.29) is 6.42 Å². The van der Waals surface area contributed by atoms with Crippen molar-refractivity contribution in [2.75, 3.05) is 6.56 Å². The Bertz CT molecular complexity index is 254. The Balaban J connectivity index is 2.17. The van der Waals surface area contributed by atoms with Gasteiger partial charge in [-0.3, -0.25) is 0 Å². The van der Waals surface area contributed by atoms with Crippen molar-refractivity contribution in [3.05, 3.63) is 35.9 Å². The van der Waals surface area contributed by atoms with E-state index < -0.39 is 6.56 Å². The second-order valence-corrected chi connectivity index (χ2v) is 2.85. The summed E-state index contributed by atoms with van der Waals surface area (Å²) in [5.41, 5.74) is 1.27. The molecule has 0 atom stereocenters. The lowest BCUT2D eigenvalue weighted by Crippen LogP contribution is -1.87. The highest BCUT2D eigenvalue weighted by Gasteiger charge is 1.90. The van der Waals surface area contributed by atoms with E-state index in [2.05, 4.69) is 12.1 Å². The van der Waals surface area contributed by atoms with E-state index in [1.54, 1.807) is 0 Å². The van der Waals surface area contributed by atoms with Crippen LogP contribution in [0.25, 0.3) is 0 Å². The minimum atomic E-state index is -2.00. The molecule has 0 heterocycles. The van der Waals surface area contributed by atoms with E-state index >= 15 is 0 Å². The summed E-state index contributed by atoms with van der Waals surface area (Å²) in [4.78, 5) is 0. The first-order valence-electron chi connectivity index (χ1n) is 5.34. The van der Waals surface area contributed by atoms with Crippen LogP contribution in [0.3, 0.4) is 0 Å². The second-order valence-electron chi connectivity index (χ2n) is 2.85. The van der Waals surface area contributed by atoms with Crippen molar-refractivity contribution >= 4 is 0 Å². The predicted octanol–water partition coefficient (Wildman–Crippen LogP) is 2.39. The average Bonchev–Trinajstić information content (AvgIpc) is 2.13. The maximum absolute atomic E-state index is 8.85. The molecule has 0 saturated heterocycles. The van der Waals surface area contributed by atoms with Crippen LogP contribution in [-0.4, -0.2) is 11.7 Å². The Morgan fingerprint density at radius 2 is 1.83 bits per heavy atom.